The predicted molar refractivity (Wildman–Crippen MR) is 60.8 cm³/mol. The second-order valence-electron chi connectivity index (χ2n) is 3.26. The van der Waals surface area contributed by atoms with E-state index in [1.54, 1.807) is 17.5 Å². The van der Waals surface area contributed by atoms with Crippen LogP contribution < -0.4 is 5.73 Å². The molecular formula is C10H11N3O2S. The molecule has 0 bridgehead atoms. The van der Waals surface area contributed by atoms with Crippen LogP contribution in [0.2, 0.25) is 0 Å². The molecule has 0 spiro atoms. The summed E-state index contributed by atoms with van der Waals surface area (Å²) in [7, 11) is 0. The van der Waals surface area contributed by atoms with Gasteiger partial charge in [0.15, 0.2) is 0 Å². The van der Waals surface area contributed by atoms with Gasteiger partial charge < -0.3 is 10.5 Å². The minimum atomic E-state index is -0.325. The number of thiophene rings is 1. The summed E-state index contributed by atoms with van der Waals surface area (Å²) < 4.78 is 6.52. The third kappa shape index (κ3) is 2.83. The van der Waals surface area contributed by atoms with E-state index in [0.717, 1.165) is 5.56 Å². The zero-order valence-corrected chi connectivity index (χ0v) is 9.31. The first-order valence-corrected chi connectivity index (χ1v) is 5.63. The Labute approximate surface area is 96.4 Å². The topological polar surface area (TPSA) is 70.1 Å². The van der Waals surface area contributed by atoms with E-state index in [-0.39, 0.29) is 12.5 Å². The summed E-state index contributed by atoms with van der Waals surface area (Å²) in [5.41, 5.74) is 7.00. The number of carbonyl (C=O) groups excluding carboxylic acids is 1. The van der Waals surface area contributed by atoms with Crippen LogP contribution in [0.5, 0.6) is 0 Å². The van der Waals surface area contributed by atoms with Gasteiger partial charge in [-0.2, -0.15) is 16.4 Å². The van der Waals surface area contributed by atoms with Gasteiger partial charge >= 0.3 is 5.97 Å². The summed E-state index contributed by atoms with van der Waals surface area (Å²) in [5.74, 6) is -0.325. The fourth-order valence-corrected chi connectivity index (χ4v) is 1.84. The molecular weight excluding hydrogens is 226 g/mol. The van der Waals surface area contributed by atoms with Gasteiger partial charge in [0, 0.05) is 11.8 Å². The van der Waals surface area contributed by atoms with E-state index in [4.69, 9.17) is 10.5 Å². The minimum absolute atomic E-state index is 0.0847. The molecule has 2 aromatic rings. The van der Waals surface area contributed by atoms with Gasteiger partial charge in [0.05, 0.1) is 11.9 Å². The molecule has 0 saturated heterocycles. The highest BCUT2D eigenvalue weighted by Gasteiger charge is 2.05. The van der Waals surface area contributed by atoms with Crippen molar-refractivity contribution in [1.82, 2.24) is 9.78 Å². The molecule has 2 rings (SSSR count). The van der Waals surface area contributed by atoms with Gasteiger partial charge in [0.1, 0.15) is 13.2 Å². The van der Waals surface area contributed by atoms with E-state index in [1.165, 1.54) is 10.9 Å². The number of carbonyl (C=O) groups is 1. The third-order valence-electron chi connectivity index (χ3n) is 1.92. The molecule has 0 aliphatic heterocycles. The summed E-state index contributed by atoms with van der Waals surface area (Å²) in [4.78, 5) is 11.4. The molecule has 0 amide bonds. The lowest BCUT2D eigenvalue weighted by molar-refractivity contribution is -0.145. The second kappa shape index (κ2) is 4.80. The van der Waals surface area contributed by atoms with Crippen LogP contribution in [0.4, 0.5) is 5.69 Å². The van der Waals surface area contributed by atoms with E-state index in [0.29, 0.717) is 12.3 Å². The number of nitrogens with two attached hydrogens (primary N) is 1. The first-order chi connectivity index (χ1) is 7.74. The van der Waals surface area contributed by atoms with Crippen LogP contribution in [0.25, 0.3) is 0 Å². The van der Waals surface area contributed by atoms with E-state index >= 15 is 0 Å². The van der Waals surface area contributed by atoms with Gasteiger partial charge in [-0.15, -0.1) is 0 Å². The van der Waals surface area contributed by atoms with Crippen LogP contribution in [-0.2, 0) is 22.7 Å². The Bertz CT molecular complexity index is 464. The van der Waals surface area contributed by atoms with Gasteiger partial charge in [0.25, 0.3) is 0 Å². The number of anilines is 1. The zero-order chi connectivity index (χ0) is 11.4. The van der Waals surface area contributed by atoms with Crippen molar-refractivity contribution in [3.05, 3.63) is 34.8 Å². The van der Waals surface area contributed by atoms with E-state index in [1.807, 2.05) is 16.8 Å². The van der Waals surface area contributed by atoms with Crippen molar-refractivity contribution in [2.75, 3.05) is 5.73 Å². The third-order valence-corrected chi connectivity index (χ3v) is 2.66. The molecule has 0 aliphatic rings. The quantitative estimate of drug-likeness (QED) is 0.813. The first kappa shape index (κ1) is 10.7. The Hall–Kier alpha value is -1.82. The van der Waals surface area contributed by atoms with Crippen LogP contribution in [0.1, 0.15) is 5.56 Å². The van der Waals surface area contributed by atoms with Crippen molar-refractivity contribution in [1.29, 1.82) is 0 Å². The first-order valence-electron chi connectivity index (χ1n) is 4.68. The van der Waals surface area contributed by atoms with Crippen molar-refractivity contribution in [3.8, 4) is 0 Å². The van der Waals surface area contributed by atoms with Crippen LogP contribution >= 0.6 is 11.3 Å². The smallest absolute Gasteiger partial charge is 0.328 e. The molecule has 0 saturated carbocycles. The number of esters is 1. The molecule has 0 fully saturated rings. The number of aromatic nitrogens is 2. The largest absolute Gasteiger partial charge is 0.459 e. The molecule has 5 nitrogen and oxygen atoms in total. The van der Waals surface area contributed by atoms with Crippen molar-refractivity contribution >= 4 is 23.0 Å². The maximum Gasteiger partial charge on any atom is 0.328 e. The minimum Gasteiger partial charge on any atom is -0.459 e. The molecule has 0 atom stereocenters. The number of rotatable bonds is 4. The monoisotopic (exact) mass is 237 g/mol. The van der Waals surface area contributed by atoms with Crippen LogP contribution in [-0.4, -0.2) is 15.7 Å². The Balaban J connectivity index is 1.81. The number of ether oxygens (including phenoxy) is 1. The molecule has 0 aromatic carbocycles. The Morgan fingerprint density at radius 1 is 1.62 bits per heavy atom. The SMILES string of the molecule is Nc1cnn(CC(=O)OCc2ccsc2)c1. The van der Waals surface area contributed by atoms with Gasteiger partial charge in [-0.1, -0.05) is 0 Å². The summed E-state index contributed by atoms with van der Waals surface area (Å²) in [6, 6.07) is 1.92. The van der Waals surface area contributed by atoms with Gasteiger partial charge in [-0.25, -0.2) is 0 Å². The second-order valence-corrected chi connectivity index (χ2v) is 4.04. The van der Waals surface area contributed by atoms with Crippen molar-refractivity contribution in [2.24, 2.45) is 0 Å². The number of hydrogen-bond acceptors (Lipinski definition) is 5. The average molecular weight is 237 g/mol. The standard InChI is InChI=1S/C10H11N3O2S/c11-9-3-12-13(4-9)5-10(14)15-6-8-1-2-16-7-8/h1-4,7H,5-6,11H2. The number of nitrogen functional groups attached to an aromatic ring is 1. The fraction of sp³-hybridized carbons (Fsp3) is 0.200. The lowest BCUT2D eigenvalue weighted by Gasteiger charge is -2.03. The molecule has 2 heterocycles. The molecule has 0 unspecified atom stereocenters. The number of hydrogen-bond donors (Lipinski definition) is 1. The van der Waals surface area contributed by atoms with Crippen LogP contribution in [0.15, 0.2) is 29.2 Å². The van der Waals surface area contributed by atoms with Crippen molar-refractivity contribution in [2.45, 2.75) is 13.2 Å². The Kier molecular flexibility index (Phi) is 3.21. The van der Waals surface area contributed by atoms with Gasteiger partial charge in [0.2, 0.25) is 0 Å². The summed E-state index contributed by atoms with van der Waals surface area (Å²) in [6.07, 6.45) is 3.08. The molecule has 0 aliphatic carbocycles. The Morgan fingerprint density at radius 3 is 3.12 bits per heavy atom. The average Bonchev–Trinajstić information content (AvgIpc) is 2.87. The normalized spacial score (nSPS) is 10.2. The number of nitrogens with zero attached hydrogens (tertiary/aromatic N) is 2. The highest BCUT2D eigenvalue weighted by Crippen LogP contribution is 2.07. The highest BCUT2D eigenvalue weighted by molar-refractivity contribution is 7.07. The summed E-state index contributed by atoms with van der Waals surface area (Å²) in [6.45, 7) is 0.389. The fourth-order valence-electron chi connectivity index (χ4n) is 1.18. The molecule has 16 heavy (non-hydrogen) atoms. The molecule has 0 radical (unpaired) electrons. The van der Waals surface area contributed by atoms with Crippen molar-refractivity contribution in [3.63, 3.8) is 0 Å². The lowest BCUT2D eigenvalue weighted by Crippen LogP contribution is -2.13. The lowest BCUT2D eigenvalue weighted by atomic mass is 10.4. The van der Waals surface area contributed by atoms with Gasteiger partial charge in [-0.05, 0) is 16.8 Å². The highest BCUT2D eigenvalue weighted by atomic mass is 32.1. The Morgan fingerprint density at radius 2 is 2.50 bits per heavy atom. The molecule has 2 aromatic heterocycles. The van der Waals surface area contributed by atoms with E-state index < -0.39 is 0 Å². The van der Waals surface area contributed by atoms with Gasteiger partial charge in [-0.3, -0.25) is 9.48 Å². The maximum atomic E-state index is 11.4. The zero-order valence-electron chi connectivity index (χ0n) is 8.50. The van der Waals surface area contributed by atoms with Crippen molar-refractivity contribution < 1.29 is 9.53 Å². The van der Waals surface area contributed by atoms with E-state index in [2.05, 4.69) is 5.10 Å². The van der Waals surface area contributed by atoms with E-state index in [9.17, 15) is 4.79 Å². The van der Waals surface area contributed by atoms with Crippen LogP contribution in [0, 0.1) is 0 Å². The predicted octanol–water partition coefficient (Wildman–Crippen LogP) is 1.27. The summed E-state index contributed by atoms with van der Waals surface area (Å²) in [5, 5.41) is 7.78. The summed E-state index contributed by atoms with van der Waals surface area (Å²) >= 11 is 1.57. The molecule has 6 heteroatoms. The van der Waals surface area contributed by atoms with Crippen LogP contribution in [0.3, 0.4) is 0 Å². The molecule has 2 N–H and O–H groups in total. The maximum absolute atomic E-state index is 11.4. The molecule has 84 valence electrons.